The van der Waals surface area contributed by atoms with Crippen LogP contribution in [0.4, 0.5) is 8.78 Å². The number of hydrogen-bond acceptors (Lipinski definition) is 6. The molecule has 0 bridgehead atoms. The van der Waals surface area contributed by atoms with Crippen molar-refractivity contribution in [1.29, 1.82) is 0 Å². The topological polar surface area (TPSA) is 104 Å². The Balaban J connectivity index is 1.38. The number of hydrogen-bond donors (Lipinski definition) is 3. The molecule has 1 saturated heterocycles. The molecular formula is C23H28F2N4O3. The summed E-state index contributed by atoms with van der Waals surface area (Å²) in [5.74, 6) is -4.90. The monoisotopic (exact) mass is 446 g/mol. The SMILES string of the molecule is Cc1cccc(C[C@H](O)/C=C/[C@@H]2[C@@H]3[C@H](C[C@H]2O)O/C(=C\CCCc2nn[nH]n2)C3(F)F)c1. The Morgan fingerprint density at radius 2 is 2.22 bits per heavy atom. The number of aromatic nitrogens is 4. The molecule has 4 rings (SSSR count). The van der Waals surface area contributed by atoms with Gasteiger partial charge in [-0.2, -0.15) is 14.0 Å². The molecule has 0 radical (unpaired) electrons. The van der Waals surface area contributed by atoms with Crippen LogP contribution in [0.15, 0.2) is 48.3 Å². The maximum Gasteiger partial charge on any atom is 0.310 e. The Hall–Kier alpha value is -2.65. The van der Waals surface area contributed by atoms with E-state index in [-0.39, 0.29) is 12.2 Å². The van der Waals surface area contributed by atoms with Gasteiger partial charge >= 0.3 is 5.92 Å². The summed E-state index contributed by atoms with van der Waals surface area (Å²) in [5, 5.41) is 34.3. The Morgan fingerprint density at radius 1 is 1.38 bits per heavy atom. The van der Waals surface area contributed by atoms with E-state index in [9.17, 15) is 10.2 Å². The van der Waals surface area contributed by atoms with Crippen molar-refractivity contribution in [2.75, 3.05) is 0 Å². The quantitative estimate of drug-likeness (QED) is 0.426. The molecule has 1 aliphatic carbocycles. The highest BCUT2D eigenvalue weighted by Crippen LogP contribution is 2.54. The summed E-state index contributed by atoms with van der Waals surface area (Å²) in [6.07, 6.45) is 4.03. The zero-order valence-corrected chi connectivity index (χ0v) is 17.9. The number of tetrazole rings is 1. The third kappa shape index (κ3) is 4.88. The number of nitrogens with zero attached hydrogens (tertiary/aromatic N) is 3. The minimum atomic E-state index is -3.18. The fourth-order valence-electron chi connectivity index (χ4n) is 4.65. The van der Waals surface area contributed by atoms with Gasteiger partial charge < -0.3 is 14.9 Å². The average molecular weight is 446 g/mol. The number of aromatic amines is 1. The van der Waals surface area contributed by atoms with Crippen LogP contribution in [0.5, 0.6) is 0 Å². The maximum atomic E-state index is 15.2. The van der Waals surface area contributed by atoms with E-state index >= 15 is 8.78 Å². The predicted octanol–water partition coefficient (Wildman–Crippen LogP) is 2.91. The predicted molar refractivity (Wildman–Crippen MR) is 113 cm³/mol. The molecule has 5 atom stereocenters. The number of fused-ring (bicyclic) bond motifs is 1. The molecule has 3 N–H and O–H groups in total. The Labute approximate surface area is 185 Å². The molecule has 7 nitrogen and oxygen atoms in total. The van der Waals surface area contributed by atoms with Crippen molar-refractivity contribution < 1.29 is 23.7 Å². The molecule has 172 valence electrons. The molecule has 2 heterocycles. The summed E-state index contributed by atoms with van der Waals surface area (Å²) < 4.78 is 35.9. The lowest BCUT2D eigenvalue weighted by Crippen LogP contribution is -2.33. The molecule has 1 aromatic heterocycles. The molecule has 1 aliphatic heterocycles. The van der Waals surface area contributed by atoms with Crippen LogP contribution in [0.2, 0.25) is 0 Å². The smallest absolute Gasteiger partial charge is 0.310 e. The van der Waals surface area contributed by atoms with Crippen molar-refractivity contribution in [1.82, 2.24) is 20.6 Å². The first-order valence-electron chi connectivity index (χ1n) is 10.9. The molecule has 0 unspecified atom stereocenters. The molecule has 0 amide bonds. The molecule has 32 heavy (non-hydrogen) atoms. The van der Waals surface area contributed by atoms with Gasteiger partial charge in [0.05, 0.1) is 18.1 Å². The Morgan fingerprint density at radius 3 is 2.97 bits per heavy atom. The number of aliphatic hydroxyl groups is 2. The molecule has 1 saturated carbocycles. The number of halogens is 2. The number of H-pyrrole nitrogens is 1. The number of aryl methyl sites for hydroxylation is 2. The van der Waals surface area contributed by atoms with Gasteiger partial charge in [0.15, 0.2) is 11.6 Å². The lowest BCUT2D eigenvalue weighted by atomic mass is 9.87. The molecule has 2 aliphatic rings. The first-order valence-corrected chi connectivity index (χ1v) is 10.9. The molecule has 0 spiro atoms. The Kier molecular flexibility index (Phi) is 6.66. The van der Waals surface area contributed by atoms with E-state index in [2.05, 4.69) is 20.6 Å². The summed E-state index contributed by atoms with van der Waals surface area (Å²) in [5.41, 5.74) is 2.06. The molecule has 9 heteroatoms. The summed E-state index contributed by atoms with van der Waals surface area (Å²) in [7, 11) is 0. The maximum absolute atomic E-state index is 15.2. The highest BCUT2D eigenvalue weighted by atomic mass is 19.3. The van der Waals surface area contributed by atoms with Crippen LogP contribution in [-0.4, -0.2) is 55.1 Å². The lowest BCUT2D eigenvalue weighted by molar-refractivity contribution is -0.0272. The van der Waals surface area contributed by atoms with E-state index < -0.39 is 36.1 Å². The van der Waals surface area contributed by atoms with Crippen molar-refractivity contribution >= 4 is 0 Å². The summed E-state index contributed by atoms with van der Waals surface area (Å²) in [4.78, 5) is 0. The van der Waals surface area contributed by atoms with Crippen molar-refractivity contribution in [3.8, 4) is 0 Å². The minimum absolute atomic E-state index is 0.142. The van der Waals surface area contributed by atoms with Gasteiger partial charge in [0.25, 0.3) is 0 Å². The first kappa shape index (κ1) is 22.5. The van der Waals surface area contributed by atoms with Gasteiger partial charge in [-0.15, -0.1) is 10.2 Å². The summed E-state index contributed by atoms with van der Waals surface area (Å²) in [6, 6.07) is 7.78. The summed E-state index contributed by atoms with van der Waals surface area (Å²) >= 11 is 0. The van der Waals surface area contributed by atoms with Crippen LogP contribution >= 0.6 is 0 Å². The second-order valence-electron chi connectivity index (χ2n) is 8.62. The van der Waals surface area contributed by atoms with Crippen molar-refractivity contribution in [3.63, 3.8) is 0 Å². The highest BCUT2D eigenvalue weighted by Gasteiger charge is 2.63. The second kappa shape index (κ2) is 9.46. The normalized spacial score (nSPS) is 28.8. The summed E-state index contributed by atoms with van der Waals surface area (Å²) in [6.45, 7) is 1.97. The van der Waals surface area contributed by atoms with Gasteiger partial charge in [0, 0.05) is 25.2 Å². The average Bonchev–Trinajstić information content (AvgIpc) is 3.41. The van der Waals surface area contributed by atoms with Gasteiger partial charge in [0.1, 0.15) is 6.10 Å². The van der Waals surface area contributed by atoms with Gasteiger partial charge in [-0.3, -0.25) is 0 Å². The fraction of sp³-hybridized carbons (Fsp3) is 0.522. The van der Waals surface area contributed by atoms with E-state index in [1.54, 1.807) is 0 Å². The largest absolute Gasteiger partial charge is 0.488 e. The zero-order valence-electron chi connectivity index (χ0n) is 17.9. The number of aliphatic hydroxyl groups excluding tert-OH is 2. The van der Waals surface area contributed by atoms with E-state index in [0.29, 0.717) is 31.5 Å². The van der Waals surface area contributed by atoms with E-state index in [0.717, 1.165) is 11.1 Å². The van der Waals surface area contributed by atoms with Crippen molar-refractivity contribution in [3.05, 3.63) is 65.2 Å². The van der Waals surface area contributed by atoms with Crippen LogP contribution in [-0.2, 0) is 17.6 Å². The van der Waals surface area contributed by atoms with Gasteiger partial charge in [0.2, 0.25) is 0 Å². The Bertz CT molecular complexity index is 964. The van der Waals surface area contributed by atoms with Crippen LogP contribution in [0.3, 0.4) is 0 Å². The number of benzene rings is 1. The fourth-order valence-corrected chi connectivity index (χ4v) is 4.65. The van der Waals surface area contributed by atoms with Crippen molar-refractivity contribution in [2.24, 2.45) is 11.8 Å². The van der Waals surface area contributed by atoms with Gasteiger partial charge in [-0.25, -0.2) is 0 Å². The number of nitrogens with one attached hydrogen (secondary N) is 1. The van der Waals surface area contributed by atoms with E-state index in [1.807, 2.05) is 31.2 Å². The van der Waals surface area contributed by atoms with Crippen LogP contribution < -0.4 is 0 Å². The number of alkyl halides is 2. The van der Waals surface area contributed by atoms with Crippen LogP contribution in [0.1, 0.15) is 36.2 Å². The van der Waals surface area contributed by atoms with E-state index in [4.69, 9.17) is 4.74 Å². The number of rotatable bonds is 8. The third-order valence-electron chi connectivity index (χ3n) is 6.17. The molecular weight excluding hydrogens is 418 g/mol. The van der Waals surface area contributed by atoms with Crippen LogP contribution in [0, 0.1) is 18.8 Å². The standard InChI is InChI=1S/C23H28F2N4O3/c1-14-5-4-6-15(11-14)12-16(30)9-10-17-18(31)13-19-22(17)23(24,25)20(32-19)7-2-3-8-21-26-28-29-27-21/h4-7,9-11,16-19,22,30-31H,2-3,8,12-13H2,1H3,(H,26,27,28,29)/b10-9+,20-7-/t16-,17+,18-,19+,22-/m1/s1. The zero-order chi connectivity index (χ0) is 22.7. The molecule has 2 aromatic rings. The van der Waals surface area contributed by atoms with Gasteiger partial charge in [-0.1, -0.05) is 47.2 Å². The van der Waals surface area contributed by atoms with E-state index in [1.165, 1.54) is 18.2 Å². The number of unbranched alkanes of at least 4 members (excludes halogenated alkanes) is 1. The van der Waals surface area contributed by atoms with Crippen LogP contribution in [0.25, 0.3) is 0 Å². The first-order chi connectivity index (χ1) is 15.3. The minimum Gasteiger partial charge on any atom is -0.488 e. The lowest BCUT2D eigenvalue weighted by Gasteiger charge is -2.22. The molecule has 2 fully saturated rings. The number of ether oxygens (including phenoxy) is 1. The molecule has 1 aromatic carbocycles. The van der Waals surface area contributed by atoms with Crippen molar-refractivity contribution in [2.45, 2.75) is 63.3 Å². The van der Waals surface area contributed by atoms with Gasteiger partial charge in [-0.05, 0) is 31.4 Å². The number of allylic oxidation sites excluding steroid dienone is 2. The second-order valence-corrected chi connectivity index (χ2v) is 8.62. The highest BCUT2D eigenvalue weighted by molar-refractivity contribution is 5.25. The third-order valence-corrected chi connectivity index (χ3v) is 6.17.